The van der Waals surface area contributed by atoms with Gasteiger partial charge in [0.15, 0.2) is 0 Å². The molecule has 1 N–H and O–H groups in total. The Morgan fingerprint density at radius 3 is 2.74 bits per heavy atom. The van der Waals surface area contributed by atoms with Crippen molar-refractivity contribution in [1.82, 2.24) is 4.98 Å². The van der Waals surface area contributed by atoms with Crippen LogP contribution in [0, 0.1) is 0 Å². The second kappa shape index (κ2) is 6.97. The molecule has 118 valence electrons. The molecule has 0 unspecified atom stereocenters. The highest BCUT2D eigenvalue weighted by molar-refractivity contribution is 9.10. The fourth-order valence-corrected chi connectivity index (χ4v) is 3.60. The van der Waals surface area contributed by atoms with Crippen molar-refractivity contribution in [3.63, 3.8) is 0 Å². The summed E-state index contributed by atoms with van der Waals surface area (Å²) in [5.74, 6) is 1.37. The van der Waals surface area contributed by atoms with E-state index in [-0.39, 0.29) is 0 Å². The highest BCUT2D eigenvalue weighted by Gasteiger charge is 2.11. The third-order valence-corrected chi connectivity index (χ3v) is 4.87. The van der Waals surface area contributed by atoms with E-state index in [2.05, 4.69) is 31.4 Å². The molecule has 3 aromatic rings. The Labute approximate surface area is 146 Å². The molecule has 7 heteroatoms. The molecule has 0 saturated heterocycles. The topological polar surface area (TPSA) is 55.7 Å². The number of nitrogens with one attached hydrogen (secondary N) is 1. The van der Waals surface area contributed by atoms with Crippen molar-refractivity contribution in [2.45, 2.75) is 0 Å². The molecule has 0 bridgehead atoms. The lowest BCUT2D eigenvalue weighted by atomic mass is 10.2. The van der Waals surface area contributed by atoms with Crippen LogP contribution in [-0.4, -0.2) is 25.4 Å². The summed E-state index contributed by atoms with van der Waals surface area (Å²) in [6.45, 7) is 0. The first kappa shape index (κ1) is 15.8. The summed E-state index contributed by atoms with van der Waals surface area (Å²) in [5, 5.41) is 4.99. The summed E-state index contributed by atoms with van der Waals surface area (Å²) in [6.07, 6.45) is 1.69. The molecule has 0 aliphatic rings. The highest BCUT2D eigenvalue weighted by Crippen LogP contribution is 2.36. The second-order valence-corrected chi connectivity index (χ2v) is 6.38. The first-order chi connectivity index (χ1) is 11.2. The minimum absolute atomic E-state index is 0.666. The molecule has 0 atom stereocenters. The van der Waals surface area contributed by atoms with Crippen LogP contribution in [0.3, 0.4) is 0 Å². The molecular formula is C16H14BrN3O2S. The molecule has 1 aromatic heterocycles. The molecule has 1 heterocycles. The van der Waals surface area contributed by atoms with Gasteiger partial charge in [-0.25, -0.2) is 4.98 Å². The van der Waals surface area contributed by atoms with Crippen LogP contribution >= 0.6 is 27.3 Å². The van der Waals surface area contributed by atoms with Gasteiger partial charge in [0.25, 0.3) is 0 Å². The molecule has 0 radical (unpaired) electrons. The van der Waals surface area contributed by atoms with E-state index in [1.54, 1.807) is 31.8 Å². The summed E-state index contributed by atoms with van der Waals surface area (Å²) >= 11 is 5.03. The van der Waals surface area contributed by atoms with Crippen LogP contribution < -0.4 is 14.9 Å². The second-order valence-electron chi connectivity index (χ2n) is 4.56. The van der Waals surface area contributed by atoms with Crippen LogP contribution in [0.4, 0.5) is 5.13 Å². The number of aromatic nitrogens is 1. The largest absolute Gasteiger partial charge is 0.495 e. The zero-order chi connectivity index (χ0) is 16.2. The first-order valence-corrected chi connectivity index (χ1v) is 8.39. The van der Waals surface area contributed by atoms with Crippen molar-refractivity contribution in [3.05, 3.63) is 46.4 Å². The number of methoxy groups -OCH3 is 2. The van der Waals surface area contributed by atoms with Gasteiger partial charge >= 0.3 is 0 Å². The molecule has 5 nitrogen and oxygen atoms in total. The number of thiazole rings is 1. The molecular weight excluding hydrogens is 378 g/mol. The molecule has 0 amide bonds. The number of benzene rings is 2. The molecule has 0 fully saturated rings. The maximum absolute atomic E-state index is 5.41. The fraction of sp³-hybridized carbons (Fsp3) is 0.125. The number of halogens is 1. The summed E-state index contributed by atoms with van der Waals surface area (Å²) in [7, 11) is 3.22. The van der Waals surface area contributed by atoms with Gasteiger partial charge < -0.3 is 9.47 Å². The van der Waals surface area contributed by atoms with Gasteiger partial charge in [-0.1, -0.05) is 23.5 Å². The predicted molar refractivity (Wildman–Crippen MR) is 98.1 cm³/mol. The summed E-state index contributed by atoms with van der Waals surface area (Å²) in [4.78, 5) is 4.46. The lowest BCUT2D eigenvalue weighted by Crippen LogP contribution is -1.96. The van der Waals surface area contributed by atoms with Crippen LogP contribution in [-0.2, 0) is 0 Å². The van der Waals surface area contributed by atoms with Gasteiger partial charge in [0, 0.05) is 5.56 Å². The smallest absolute Gasteiger partial charge is 0.204 e. The van der Waals surface area contributed by atoms with Gasteiger partial charge in [0.1, 0.15) is 16.0 Å². The monoisotopic (exact) mass is 391 g/mol. The van der Waals surface area contributed by atoms with E-state index >= 15 is 0 Å². The van der Waals surface area contributed by atoms with Gasteiger partial charge in [-0.3, -0.25) is 5.43 Å². The van der Waals surface area contributed by atoms with Gasteiger partial charge in [0.2, 0.25) is 5.13 Å². The Balaban J connectivity index is 1.81. The molecule has 2 aromatic carbocycles. The number of ether oxygens (including phenoxy) is 2. The number of hydrazone groups is 1. The third kappa shape index (κ3) is 3.30. The van der Waals surface area contributed by atoms with Gasteiger partial charge in [-0.15, -0.1) is 0 Å². The number of rotatable bonds is 5. The summed E-state index contributed by atoms with van der Waals surface area (Å²) in [6, 6.07) is 11.7. The minimum Gasteiger partial charge on any atom is -0.495 e. The van der Waals surface area contributed by atoms with Crippen molar-refractivity contribution in [2.24, 2.45) is 5.10 Å². The van der Waals surface area contributed by atoms with E-state index in [4.69, 9.17) is 9.47 Å². The Morgan fingerprint density at radius 1 is 1.17 bits per heavy atom. The predicted octanol–water partition coefficient (Wildman–Crippen LogP) is 4.52. The Kier molecular flexibility index (Phi) is 4.78. The average Bonchev–Trinajstić information content (AvgIpc) is 2.98. The lowest BCUT2D eigenvalue weighted by Gasteiger charge is -2.10. The van der Waals surface area contributed by atoms with Gasteiger partial charge in [0.05, 0.1) is 30.7 Å². The molecule has 3 rings (SSSR count). The normalized spacial score (nSPS) is 11.1. The standard InChI is InChI=1S/C16H14BrN3O2S/c1-21-12-8-7-10(15(22-2)14(12)17)9-18-20-16-19-11-5-3-4-6-13(11)23-16/h3-9H,1-2H3,(H,19,20)/b18-9+. The van der Waals surface area contributed by atoms with Gasteiger partial charge in [-0.05, 0) is 40.2 Å². The van der Waals surface area contributed by atoms with Crippen LogP contribution in [0.1, 0.15) is 5.56 Å². The van der Waals surface area contributed by atoms with E-state index in [1.165, 1.54) is 0 Å². The van der Waals surface area contributed by atoms with E-state index < -0.39 is 0 Å². The Hall–Kier alpha value is -2.12. The van der Waals surface area contributed by atoms with Crippen molar-refractivity contribution < 1.29 is 9.47 Å². The SMILES string of the molecule is COc1ccc(/C=N/Nc2nc3ccccc3s2)c(OC)c1Br. The summed E-state index contributed by atoms with van der Waals surface area (Å²) < 4.78 is 12.5. The van der Waals surface area contributed by atoms with Crippen LogP contribution in [0.5, 0.6) is 11.5 Å². The fourth-order valence-electron chi connectivity index (χ4n) is 2.10. The van der Waals surface area contributed by atoms with Crippen LogP contribution in [0.2, 0.25) is 0 Å². The number of para-hydroxylation sites is 1. The van der Waals surface area contributed by atoms with E-state index in [0.717, 1.165) is 25.4 Å². The number of hydrogen-bond acceptors (Lipinski definition) is 6. The minimum atomic E-state index is 0.666. The Morgan fingerprint density at radius 2 is 2.00 bits per heavy atom. The summed E-state index contributed by atoms with van der Waals surface area (Å²) in [5.41, 5.74) is 4.74. The zero-order valence-electron chi connectivity index (χ0n) is 12.5. The molecule has 0 spiro atoms. The van der Waals surface area contributed by atoms with Crippen molar-refractivity contribution >= 4 is 48.8 Å². The molecule has 0 saturated carbocycles. The Bertz CT molecular complexity index is 831. The van der Waals surface area contributed by atoms with Crippen LogP contribution in [0.15, 0.2) is 46.0 Å². The quantitative estimate of drug-likeness (QED) is 0.512. The highest BCUT2D eigenvalue weighted by atomic mass is 79.9. The van der Waals surface area contributed by atoms with E-state index in [1.807, 2.05) is 36.4 Å². The number of hydrogen-bond donors (Lipinski definition) is 1. The maximum atomic E-state index is 5.41. The number of nitrogens with zero attached hydrogens (tertiary/aromatic N) is 2. The first-order valence-electron chi connectivity index (χ1n) is 6.78. The van der Waals surface area contributed by atoms with Crippen molar-refractivity contribution in [3.8, 4) is 11.5 Å². The van der Waals surface area contributed by atoms with E-state index in [0.29, 0.717) is 11.5 Å². The van der Waals surface area contributed by atoms with Crippen molar-refractivity contribution in [1.29, 1.82) is 0 Å². The third-order valence-electron chi connectivity index (χ3n) is 3.17. The molecule has 0 aliphatic carbocycles. The van der Waals surface area contributed by atoms with Gasteiger partial charge in [-0.2, -0.15) is 5.10 Å². The van der Waals surface area contributed by atoms with Crippen LogP contribution in [0.25, 0.3) is 10.2 Å². The van der Waals surface area contributed by atoms with E-state index in [9.17, 15) is 0 Å². The molecule has 23 heavy (non-hydrogen) atoms. The zero-order valence-corrected chi connectivity index (χ0v) is 14.9. The average molecular weight is 392 g/mol. The lowest BCUT2D eigenvalue weighted by molar-refractivity contribution is 0.389. The maximum Gasteiger partial charge on any atom is 0.204 e. The van der Waals surface area contributed by atoms with Crippen molar-refractivity contribution in [2.75, 3.05) is 19.6 Å². The number of fused-ring (bicyclic) bond motifs is 1. The molecule has 0 aliphatic heterocycles. The number of anilines is 1.